The van der Waals surface area contributed by atoms with Gasteiger partial charge < -0.3 is 4.74 Å². The number of rotatable bonds is 6. The van der Waals surface area contributed by atoms with Crippen LogP contribution in [0.2, 0.25) is 0 Å². The van der Waals surface area contributed by atoms with E-state index in [0.29, 0.717) is 17.7 Å². The molecule has 1 heterocycles. The van der Waals surface area contributed by atoms with Crippen molar-refractivity contribution in [3.8, 4) is 5.75 Å². The molecular weight excluding hydrogens is 254 g/mol. The van der Waals surface area contributed by atoms with Crippen molar-refractivity contribution in [3.05, 3.63) is 23.5 Å². The number of nitrogens with zero attached hydrogens (tertiary/aromatic N) is 1. The van der Waals surface area contributed by atoms with Gasteiger partial charge in [-0.05, 0) is 32.9 Å². The highest BCUT2D eigenvalue weighted by Crippen LogP contribution is 2.15. The Morgan fingerprint density at radius 1 is 1.39 bits per heavy atom. The van der Waals surface area contributed by atoms with E-state index < -0.39 is 15.1 Å². The van der Waals surface area contributed by atoms with E-state index in [4.69, 9.17) is 4.74 Å². The van der Waals surface area contributed by atoms with Crippen LogP contribution in [-0.4, -0.2) is 37.3 Å². The predicted octanol–water partition coefficient (Wildman–Crippen LogP) is 1.40. The molecule has 0 aliphatic carbocycles. The van der Waals surface area contributed by atoms with E-state index in [1.165, 1.54) is 0 Å². The molecule has 0 saturated heterocycles. The zero-order valence-electron chi connectivity index (χ0n) is 10.7. The lowest BCUT2D eigenvalue weighted by Gasteiger charge is -2.10. The van der Waals surface area contributed by atoms with Crippen LogP contribution < -0.4 is 4.74 Å². The SMILES string of the molecule is Cc1ccc(OCCS(=O)(=O)C(C)C)c(C=O)n1. The third-order valence-electron chi connectivity index (χ3n) is 2.48. The molecule has 0 bridgehead atoms. The molecule has 0 spiro atoms. The van der Waals surface area contributed by atoms with Crippen molar-refractivity contribution in [1.82, 2.24) is 4.98 Å². The summed E-state index contributed by atoms with van der Waals surface area (Å²) in [7, 11) is -3.13. The second kappa shape index (κ2) is 5.95. The van der Waals surface area contributed by atoms with Gasteiger partial charge in [-0.15, -0.1) is 0 Å². The summed E-state index contributed by atoms with van der Waals surface area (Å²) in [4.78, 5) is 14.8. The second-order valence-corrected chi connectivity index (χ2v) is 6.89. The summed E-state index contributed by atoms with van der Waals surface area (Å²) in [6, 6.07) is 3.33. The Morgan fingerprint density at radius 2 is 2.06 bits per heavy atom. The van der Waals surface area contributed by atoms with Crippen LogP contribution in [0.25, 0.3) is 0 Å². The average Bonchev–Trinajstić information content (AvgIpc) is 2.30. The van der Waals surface area contributed by atoms with Crippen molar-refractivity contribution < 1.29 is 17.9 Å². The summed E-state index contributed by atoms with van der Waals surface area (Å²) in [5.74, 6) is 0.242. The number of aromatic nitrogens is 1. The minimum atomic E-state index is -3.13. The van der Waals surface area contributed by atoms with Gasteiger partial charge in [0.05, 0.1) is 11.0 Å². The van der Waals surface area contributed by atoms with Gasteiger partial charge in [0.2, 0.25) is 0 Å². The quantitative estimate of drug-likeness (QED) is 0.731. The Bertz CT molecular complexity index is 523. The molecule has 1 rings (SSSR count). The summed E-state index contributed by atoms with van der Waals surface area (Å²) in [5, 5.41) is -0.428. The highest BCUT2D eigenvalue weighted by atomic mass is 32.2. The molecule has 1 aromatic rings. The van der Waals surface area contributed by atoms with Crippen LogP contribution in [-0.2, 0) is 9.84 Å². The van der Waals surface area contributed by atoms with E-state index in [1.807, 2.05) is 0 Å². The zero-order valence-corrected chi connectivity index (χ0v) is 11.5. The lowest BCUT2D eigenvalue weighted by atomic mass is 10.3. The monoisotopic (exact) mass is 271 g/mol. The van der Waals surface area contributed by atoms with Crippen LogP contribution >= 0.6 is 0 Å². The lowest BCUT2D eigenvalue weighted by molar-refractivity contribution is 0.111. The molecule has 1 aromatic heterocycles. The number of pyridine rings is 1. The fourth-order valence-corrected chi connectivity index (χ4v) is 2.06. The highest BCUT2D eigenvalue weighted by molar-refractivity contribution is 7.91. The van der Waals surface area contributed by atoms with E-state index in [2.05, 4.69) is 4.98 Å². The first-order valence-electron chi connectivity index (χ1n) is 5.64. The molecule has 0 aromatic carbocycles. The van der Waals surface area contributed by atoms with Crippen LogP contribution in [0.5, 0.6) is 5.75 Å². The molecule has 0 unspecified atom stereocenters. The Morgan fingerprint density at radius 3 is 2.61 bits per heavy atom. The molecule has 0 radical (unpaired) electrons. The number of carbonyl (C=O) groups is 1. The Labute approximate surface area is 107 Å². The average molecular weight is 271 g/mol. The van der Waals surface area contributed by atoms with Gasteiger partial charge >= 0.3 is 0 Å². The fourth-order valence-electron chi connectivity index (χ4n) is 1.27. The summed E-state index contributed by atoms with van der Waals surface area (Å²) in [5.41, 5.74) is 0.899. The maximum absolute atomic E-state index is 11.6. The minimum absolute atomic E-state index is 0.0199. The number of sulfone groups is 1. The molecular formula is C12H17NO4S. The summed E-state index contributed by atoms with van der Waals surface area (Å²) < 4.78 is 28.4. The van der Waals surface area contributed by atoms with Crippen LogP contribution in [0.3, 0.4) is 0 Å². The van der Waals surface area contributed by atoms with Crippen molar-refractivity contribution in [2.75, 3.05) is 12.4 Å². The first kappa shape index (κ1) is 14.6. The van der Waals surface area contributed by atoms with Gasteiger partial charge in [-0.3, -0.25) is 4.79 Å². The topological polar surface area (TPSA) is 73.3 Å². The van der Waals surface area contributed by atoms with Crippen molar-refractivity contribution >= 4 is 16.1 Å². The second-order valence-electron chi connectivity index (χ2n) is 4.22. The summed E-state index contributed by atoms with van der Waals surface area (Å²) >= 11 is 0. The normalized spacial score (nSPS) is 11.6. The number of hydrogen-bond donors (Lipinski definition) is 0. The first-order valence-corrected chi connectivity index (χ1v) is 7.35. The molecule has 0 amide bonds. The number of aldehydes is 1. The van der Waals surface area contributed by atoms with E-state index in [1.54, 1.807) is 32.9 Å². The standard InChI is InChI=1S/C12H17NO4S/c1-9(2)18(15,16)7-6-17-12-5-4-10(3)13-11(12)8-14/h4-5,8-9H,6-7H2,1-3H3. The third-order valence-corrected chi connectivity index (χ3v) is 4.65. The Hall–Kier alpha value is -1.43. The van der Waals surface area contributed by atoms with Crippen LogP contribution in [0.15, 0.2) is 12.1 Å². The van der Waals surface area contributed by atoms with Gasteiger partial charge in [-0.2, -0.15) is 0 Å². The molecule has 0 N–H and O–H groups in total. The Kier molecular flexibility index (Phi) is 4.84. The fraction of sp³-hybridized carbons (Fsp3) is 0.500. The van der Waals surface area contributed by atoms with Gasteiger partial charge in [0.1, 0.15) is 18.1 Å². The number of carbonyl (C=O) groups excluding carboxylic acids is 1. The van der Waals surface area contributed by atoms with E-state index in [-0.39, 0.29) is 18.1 Å². The van der Waals surface area contributed by atoms with Crippen molar-refractivity contribution in [2.45, 2.75) is 26.0 Å². The van der Waals surface area contributed by atoms with Crippen LogP contribution in [0.1, 0.15) is 30.0 Å². The highest BCUT2D eigenvalue weighted by Gasteiger charge is 2.16. The molecule has 5 nitrogen and oxygen atoms in total. The molecule has 0 atom stereocenters. The van der Waals surface area contributed by atoms with Crippen LogP contribution in [0, 0.1) is 6.92 Å². The zero-order chi connectivity index (χ0) is 13.8. The number of hydrogen-bond acceptors (Lipinski definition) is 5. The van der Waals surface area contributed by atoms with Gasteiger partial charge in [-0.25, -0.2) is 13.4 Å². The molecule has 0 aliphatic rings. The Balaban J connectivity index is 2.68. The maximum atomic E-state index is 11.6. The lowest BCUT2D eigenvalue weighted by Crippen LogP contribution is -2.22. The van der Waals surface area contributed by atoms with E-state index in [9.17, 15) is 13.2 Å². The smallest absolute Gasteiger partial charge is 0.172 e. The van der Waals surface area contributed by atoms with Gasteiger partial charge in [0.25, 0.3) is 0 Å². The van der Waals surface area contributed by atoms with E-state index >= 15 is 0 Å². The molecule has 0 saturated carbocycles. The van der Waals surface area contributed by atoms with Gasteiger partial charge in [0.15, 0.2) is 16.1 Å². The van der Waals surface area contributed by atoms with Crippen molar-refractivity contribution in [2.24, 2.45) is 0 Å². The molecule has 0 aliphatic heterocycles. The third kappa shape index (κ3) is 3.80. The number of ether oxygens (including phenoxy) is 1. The predicted molar refractivity (Wildman–Crippen MR) is 68.8 cm³/mol. The molecule has 6 heteroatoms. The maximum Gasteiger partial charge on any atom is 0.172 e. The van der Waals surface area contributed by atoms with Crippen molar-refractivity contribution in [1.29, 1.82) is 0 Å². The largest absolute Gasteiger partial charge is 0.490 e. The first-order chi connectivity index (χ1) is 8.36. The minimum Gasteiger partial charge on any atom is -0.490 e. The van der Waals surface area contributed by atoms with Gasteiger partial charge in [0, 0.05) is 5.69 Å². The summed E-state index contributed by atoms with van der Waals surface area (Å²) in [6.45, 7) is 5.03. The van der Waals surface area contributed by atoms with Crippen LogP contribution in [0.4, 0.5) is 0 Å². The van der Waals surface area contributed by atoms with E-state index in [0.717, 1.165) is 0 Å². The van der Waals surface area contributed by atoms with Gasteiger partial charge in [-0.1, -0.05) is 0 Å². The molecule has 0 fully saturated rings. The molecule has 18 heavy (non-hydrogen) atoms. The van der Waals surface area contributed by atoms with Crippen molar-refractivity contribution in [3.63, 3.8) is 0 Å². The summed E-state index contributed by atoms with van der Waals surface area (Å²) in [6.07, 6.45) is 0.597. The molecule has 100 valence electrons. The number of aryl methyl sites for hydroxylation is 1.